The fourth-order valence-corrected chi connectivity index (χ4v) is 4.23. The Kier molecular flexibility index (Phi) is 8.01. The van der Waals surface area contributed by atoms with Gasteiger partial charge in [-0.05, 0) is 61.5 Å². The van der Waals surface area contributed by atoms with Gasteiger partial charge in [0.15, 0.2) is 0 Å². The number of carbonyl (C=O) groups is 1. The molecule has 0 bridgehead atoms. The van der Waals surface area contributed by atoms with Crippen LogP contribution in [0.2, 0.25) is 0 Å². The molecule has 1 amide bonds. The number of para-hydroxylation sites is 1. The summed E-state index contributed by atoms with van der Waals surface area (Å²) in [5.41, 5.74) is 1.06. The lowest BCUT2D eigenvalue weighted by molar-refractivity contribution is -0.120. The van der Waals surface area contributed by atoms with Crippen molar-refractivity contribution in [2.45, 2.75) is 13.0 Å². The molecule has 0 aliphatic rings. The zero-order valence-electron chi connectivity index (χ0n) is 19.5. The Balaban J connectivity index is 1.74. The van der Waals surface area contributed by atoms with Crippen molar-refractivity contribution in [3.05, 3.63) is 78.4 Å². The largest absolute Gasteiger partial charge is 0.497 e. The summed E-state index contributed by atoms with van der Waals surface area (Å²) in [6, 6.07) is 20.6. The minimum Gasteiger partial charge on any atom is -0.497 e. The minimum atomic E-state index is -3.72. The van der Waals surface area contributed by atoms with Gasteiger partial charge in [0.25, 0.3) is 0 Å². The third kappa shape index (κ3) is 6.41. The molecule has 9 heteroatoms. The van der Waals surface area contributed by atoms with Crippen LogP contribution < -0.4 is 23.8 Å². The molecule has 0 aromatic heterocycles. The quantitative estimate of drug-likeness (QED) is 0.465. The zero-order valence-corrected chi connectivity index (χ0v) is 20.3. The number of methoxy groups -OCH3 is 2. The fraction of sp³-hybridized carbons (Fsp3) is 0.240. The van der Waals surface area contributed by atoms with Crippen molar-refractivity contribution in [1.82, 2.24) is 5.32 Å². The maximum Gasteiger partial charge on any atom is 0.241 e. The molecule has 180 valence electrons. The first kappa shape index (κ1) is 24.9. The molecule has 1 unspecified atom stereocenters. The van der Waals surface area contributed by atoms with Gasteiger partial charge in [-0.3, -0.25) is 9.10 Å². The van der Waals surface area contributed by atoms with Gasteiger partial charge in [0.1, 0.15) is 29.5 Å². The maximum absolute atomic E-state index is 12.8. The van der Waals surface area contributed by atoms with Gasteiger partial charge in [-0.15, -0.1) is 0 Å². The van der Waals surface area contributed by atoms with E-state index in [1.807, 2.05) is 30.3 Å². The molecular weight excluding hydrogens is 456 g/mol. The van der Waals surface area contributed by atoms with Crippen molar-refractivity contribution in [3.8, 4) is 23.0 Å². The standard InChI is InChI=1S/C25H28N2O6S/c1-18(23-16-22(31-2)14-15-24(23)32-3)26-25(28)17-27(34(4,29)30)19-10-12-21(13-11-19)33-20-8-6-5-7-9-20/h5-16,18H,17H2,1-4H3,(H,26,28). The number of anilines is 1. The molecule has 3 aromatic carbocycles. The summed E-state index contributed by atoms with van der Waals surface area (Å²) in [6.45, 7) is 1.41. The molecule has 0 heterocycles. The number of sulfonamides is 1. The summed E-state index contributed by atoms with van der Waals surface area (Å²) in [5, 5.41) is 2.83. The average molecular weight is 485 g/mol. The van der Waals surface area contributed by atoms with Crippen molar-refractivity contribution in [2.75, 3.05) is 31.3 Å². The van der Waals surface area contributed by atoms with Gasteiger partial charge in [-0.2, -0.15) is 0 Å². The van der Waals surface area contributed by atoms with Gasteiger partial charge < -0.3 is 19.5 Å². The van der Waals surface area contributed by atoms with Crippen LogP contribution in [0.3, 0.4) is 0 Å². The minimum absolute atomic E-state index is 0.352. The first-order valence-corrected chi connectivity index (χ1v) is 12.4. The number of carbonyl (C=O) groups excluding carboxylic acids is 1. The van der Waals surface area contributed by atoms with Crippen LogP contribution in [0.5, 0.6) is 23.0 Å². The number of amides is 1. The SMILES string of the molecule is COc1ccc(OC)c(C(C)NC(=O)CN(c2ccc(Oc3ccccc3)cc2)S(C)(=O)=O)c1. The molecular formula is C25H28N2O6S. The molecule has 0 saturated heterocycles. The summed E-state index contributed by atoms with van der Waals surface area (Å²) in [4.78, 5) is 12.8. The van der Waals surface area contributed by atoms with E-state index in [-0.39, 0.29) is 6.54 Å². The third-order valence-corrected chi connectivity index (χ3v) is 6.21. The van der Waals surface area contributed by atoms with Crippen LogP contribution in [-0.4, -0.2) is 41.3 Å². The molecule has 8 nitrogen and oxygen atoms in total. The monoisotopic (exact) mass is 484 g/mol. The molecule has 1 N–H and O–H groups in total. The van der Waals surface area contributed by atoms with Crippen molar-refractivity contribution in [2.24, 2.45) is 0 Å². The summed E-state index contributed by atoms with van der Waals surface area (Å²) in [7, 11) is -0.633. The molecule has 0 fully saturated rings. The van der Waals surface area contributed by atoms with Gasteiger partial charge >= 0.3 is 0 Å². The van der Waals surface area contributed by atoms with E-state index >= 15 is 0 Å². The molecule has 3 aromatic rings. The third-order valence-electron chi connectivity index (χ3n) is 5.07. The van der Waals surface area contributed by atoms with Gasteiger partial charge in [0.05, 0.1) is 32.2 Å². The Bertz CT molecular complexity index is 1210. The van der Waals surface area contributed by atoms with E-state index in [0.29, 0.717) is 34.2 Å². The smallest absolute Gasteiger partial charge is 0.241 e. The van der Waals surface area contributed by atoms with E-state index in [4.69, 9.17) is 14.2 Å². The molecule has 34 heavy (non-hydrogen) atoms. The van der Waals surface area contributed by atoms with Crippen LogP contribution in [0, 0.1) is 0 Å². The second-order valence-electron chi connectivity index (χ2n) is 7.58. The molecule has 0 spiro atoms. The van der Waals surface area contributed by atoms with Crippen molar-refractivity contribution in [3.63, 3.8) is 0 Å². The van der Waals surface area contributed by atoms with E-state index in [9.17, 15) is 13.2 Å². The topological polar surface area (TPSA) is 94.2 Å². The summed E-state index contributed by atoms with van der Waals surface area (Å²) >= 11 is 0. The average Bonchev–Trinajstić information content (AvgIpc) is 2.82. The van der Waals surface area contributed by atoms with Crippen LogP contribution in [0.15, 0.2) is 72.8 Å². The normalized spacial score (nSPS) is 11.9. The molecule has 1 atom stereocenters. The molecule has 0 aliphatic carbocycles. The number of benzene rings is 3. The number of nitrogens with one attached hydrogen (secondary N) is 1. The predicted molar refractivity (Wildman–Crippen MR) is 131 cm³/mol. The number of rotatable bonds is 10. The Morgan fingerprint density at radius 3 is 2.12 bits per heavy atom. The van der Waals surface area contributed by atoms with Crippen molar-refractivity contribution >= 4 is 21.6 Å². The summed E-state index contributed by atoms with van der Waals surface area (Å²) in [5.74, 6) is 1.95. The van der Waals surface area contributed by atoms with Gasteiger partial charge in [0.2, 0.25) is 15.9 Å². The Morgan fingerprint density at radius 2 is 1.53 bits per heavy atom. The van der Waals surface area contributed by atoms with Crippen LogP contribution in [0.1, 0.15) is 18.5 Å². The number of hydrogen-bond donors (Lipinski definition) is 1. The van der Waals surface area contributed by atoms with Gasteiger partial charge in [-0.25, -0.2) is 8.42 Å². The highest BCUT2D eigenvalue weighted by Crippen LogP contribution is 2.29. The van der Waals surface area contributed by atoms with Crippen molar-refractivity contribution in [1.29, 1.82) is 0 Å². The number of hydrogen-bond acceptors (Lipinski definition) is 6. The summed E-state index contributed by atoms with van der Waals surface area (Å²) < 4.78 is 42.4. The Hall–Kier alpha value is -3.72. The van der Waals surface area contributed by atoms with Crippen molar-refractivity contribution < 1.29 is 27.4 Å². The van der Waals surface area contributed by atoms with E-state index in [1.165, 1.54) is 7.11 Å². The molecule has 3 rings (SSSR count). The number of ether oxygens (including phenoxy) is 3. The lowest BCUT2D eigenvalue weighted by Gasteiger charge is -2.24. The van der Waals surface area contributed by atoms with Crippen LogP contribution >= 0.6 is 0 Å². The second kappa shape index (κ2) is 10.9. The van der Waals surface area contributed by atoms with Crippen LogP contribution in [0.25, 0.3) is 0 Å². The number of nitrogens with zero attached hydrogens (tertiary/aromatic N) is 1. The lowest BCUT2D eigenvalue weighted by Crippen LogP contribution is -2.41. The first-order valence-electron chi connectivity index (χ1n) is 10.5. The molecule has 0 saturated carbocycles. The van der Waals surface area contributed by atoms with E-state index in [2.05, 4.69) is 5.32 Å². The predicted octanol–water partition coefficient (Wildman–Crippen LogP) is 4.14. The summed E-state index contributed by atoms with van der Waals surface area (Å²) in [6.07, 6.45) is 1.06. The van der Waals surface area contributed by atoms with Crippen LogP contribution in [-0.2, 0) is 14.8 Å². The van der Waals surface area contributed by atoms with Gasteiger partial charge in [0, 0.05) is 5.56 Å². The fourth-order valence-electron chi connectivity index (χ4n) is 3.38. The lowest BCUT2D eigenvalue weighted by atomic mass is 10.1. The Morgan fingerprint density at radius 1 is 0.912 bits per heavy atom. The highest BCUT2D eigenvalue weighted by atomic mass is 32.2. The highest BCUT2D eigenvalue weighted by Gasteiger charge is 2.23. The maximum atomic E-state index is 12.8. The van der Waals surface area contributed by atoms with Crippen LogP contribution in [0.4, 0.5) is 5.69 Å². The first-order chi connectivity index (χ1) is 16.2. The molecule has 0 aliphatic heterocycles. The van der Waals surface area contributed by atoms with E-state index < -0.39 is 22.0 Å². The van der Waals surface area contributed by atoms with E-state index in [0.717, 1.165) is 10.6 Å². The van der Waals surface area contributed by atoms with Gasteiger partial charge in [-0.1, -0.05) is 18.2 Å². The van der Waals surface area contributed by atoms with E-state index in [1.54, 1.807) is 56.5 Å². The Labute approximate surface area is 200 Å². The zero-order chi connectivity index (χ0) is 24.7. The second-order valence-corrected chi connectivity index (χ2v) is 9.48. The highest BCUT2D eigenvalue weighted by molar-refractivity contribution is 7.92. The molecule has 0 radical (unpaired) electrons.